The lowest BCUT2D eigenvalue weighted by atomic mass is 9.45. The Bertz CT molecular complexity index is 1140. The van der Waals surface area contributed by atoms with E-state index in [1.54, 1.807) is 0 Å². The minimum absolute atomic E-state index is 0.0496. The van der Waals surface area contributed by atoms with Crippen LogP contribution in [0, 0.1) is 52.3 Å². The van der Waals surface area contributed by atoms with Gasteiger partial charge in [0, 0.05) is 32.6 Å². The number of aliphatic hydroxyl groups excluding tert-OH is 2. The van der Waals surface area contributed by atoms with Crippen molar-refractivity contribution in [2.24, 2.45) is 52.3 Å². The number of carbonyl (C=O) groups is 3. The Kier molecular flexibility index (Phi) is 9.92. The van der Waals surface area contributed by atoms with Crippen LogP contribution in [0.3, 0.4) is 0 Å². The summed E-state index contributed by atoms with van der Waals surface area (Å²) in [6.45, 7) is 17.3. The predicted octanol–water partition coefficient (Wildman–Crippen LogP) is 5.40. The largest absolute Gasteiger partial charge is 0.459 e. The predicted molar refractivity (Wildman–Crippen MR) is 162 cm³/mol. The minimum atomic E-state index is -0.802. The molecule has 242 valence electrons. The summed E-state index contributed by atoms with van der Waals surface area (Å²) in [6.07, 6.45) is 5.27. The van der Waals surface area contributed by atoms with E-state index in [9.17, 15) is 24.6 Å². The highest BCUT2D eigenvalue weighted by Gasteiger charge is 2.65. The van der Waals surface area contributed by atoms with Gasteiger partial charge >= 0.3 is 17.9 Å². The van der Waals surface area contributed by atoms with E-state index in [4.69, 9.17) is 14.2 Å². The number of fused-ring (bicyclic) bond motifs is 5. The molecule has 0 spiro atoms. The van der Waals surface area contributed by atoms with Crippen molar-refractivity contribution in [3.05, 3.63) is 23.3 Å². The molecular formula is C35H54O8. The molecule has 2 N–H and O–H groups in total. The van der Waals surface area contributed by atoms with E-state index in [0.29, 0.717) is 31.1 Å². The Morgan fingerprint density at radius 1 is 0.953 bits per heavy atom. The van der Waals surface area contributed by atoms with E-state index >= 15 is 0 Å². The summed E-state index contributed by atoms with van der Waals surface area (Å²) in [5, 5.41) is 22.3. The van der Waals surface area contributed by atoms with Crippen molar-refractivity contribution in [2.75, 3.05) is 6.61 Å². The second kappa shape index (κ2) is 12.7. The summed E-state index contributed by atoms with van der Waals surface area (Å²) < 4.78 is 17.5. The number of allylic oxidation sites excluding steroid dienone is 1. The highest BCUT2D eigenvalue weighted by Crippen LogP contribution is 2.67. The van der Waals surface area contributed by atoms with Gasteiger partial charge in [-0.3, -0.25) is 14.4 Å². The third-order valence-corrected chi connectivity index (χ3v) is 11.9. The fraction of sp³-hybridized carbons (Fsp3) is 0.800. The van der Waals surface area contributed by atoms with Crippen LogP contribution in [0.25, 0.3) is 0 Å². The minimum Gasteiger partial charge on any atom is -0.459 e. The van der Waals surface area contributed by atoms with Crippen molar-refractivity contribution in [3.63, 3.8) is 0 Å². The normalized spacial score (nSPS) is 40.4. The van der Waals surface area contributed by atoms with E-state index in [1.165, 1.54) is 20.8 Å². The number of rotatable bonds is 8. The molecule has 4 aliphatic carbocycles. The molecule has 0 heterocycles. The van der Waals surface area contributed by atoms with Crippen LogP contribution in [0.5, 0.6) is 0 Å². The third-order valence-electron chi connectivity index (χ3n) is 11.9. The Hall–Kier alpha value is -2.19. The van der Waals surface area contributed by atoms with Crippen molar-refractivity contribution >= 4 is 17.9 Å². The standard InChI is InChI=1S/C35H54O8/c1-18(2)20(4)24(17-36)14-19(3)26-10-11-27-25-15-30(42-22(6)38)32-33(43-23(7)39)29(41-21(5)37)12-13-34(32,8)31(25)28(40)16-35(26,27)9/h14-15,18-20,26-33,36,40H,10-13,16-17H2,1-9H3/b24-14+/t19-,20-,26-,27+,28-,29+,30+,31-,32+,33+,34-,35-/m1/s1. The van der Waals surface area contributed by atoms with Gasteiger partial charge < -0.3 is 24.4 Å². The van der Waals surface area contributed by atoms with Gasteiger partial charge in [0.15, 0.2) is 0 Å². The molecule has 0 radical (unpaired) electrons. The molecule has 3 saturated carbocycles. The summed E-state index contributed by atoms with van der Waals surface area (Å²) >= 11 is 0. The molecule has 0 bridgehead atoms. The molecule has 0 aromatic rings. The summed E-state index contributed by atoms with van der Waals surface area (Å²) in [5.41, 5.74) is 1.50. The Labute approximate surface area is 257 Å². The van der Waals surface area contributed by atoms with Crippen LogP contribution >= 0.6 is 0 Å². The van der Waals surface area contributed by atoms with Crippen molar-refractivity contribution in [1.29, 1.82) is 0 Å². The summed E-state index contributed by atoms with van der Waals surface area (Å²) in [6, 6.07) is 0. The molecular weight excluding hydrogens is 548 g/mol. The molecule has 0 aromatic heterocycles. The quantitative estimate of drug-likeness (QED) is 0.215. The maximum Gasteiger partial charge on any atom is 0.303 e. The number of hydrogen-bond acceptors (Lipinski definition) is 8. The molecule has 43 heavy (non-hydrogen) atoms. The maximum atomic E-state index is 12.4. The first-order chi connectivity index (χ1) is 20.0. The lowest BCUT2D eigenvalue weighted by Gasteiger charge is -2.61. The number of carbonyl (C=O) groups excluding carboxylic acids is 3. The van der Waals surface area contributed by atoms with Crippen LogP contribution in [0.1, 0.15) is 94.4 Å². The number of ether oxygens (including phenoxy) is 3. The van der Waals surface area contributed by atoms with Crippen molar-refractivity contribution < 1.29 is 38.8 Å². The molecule has 12 atom stereocenters. The number of hydrogen-bond donors (Lipinski definition) is 2. The van der Waals surface area contributed by atoms with Gasteiger partial charge in [-0.05, 0) is 84.2 Å². The molecule has 3 fully saturated rings. The van der Waals surface area contributed by atoms with Crippen molar-refractivity contribution in [3.8, 4) is 0 Å². The summed E-state index contributed by atoms with van der Waals surface area (Å²) in [5.74, 6) is -0.585. The number of aliphatic hydroxyl groups is 2. The van der Waals surface area contributed by atoms with Gasteiger partial charge in [-0.2, -0.15) is 0 Å². The first-order valence-corrected chi connectivity index (χ1v) is 16.3. The van der Waals surface area contributed by atoms with Gasteiger partial charge in [-0.15, -0.1) is 0 Å². The lowest BCUT2D eigenvalue weighted by Crippen LogP contribution is -2.63. The fourth-order valence-electron chi connectivity index (χ4n) is 9.83. The third kappa shape index (κ3) is 6.20. The second-order valence-electron chi connectivity index (χ2n) is 14.8. The highest BCUT2D eigenvalue weighted by atomic mass is 16.6. The molecule has 4 rings (SSSR count). The Balaban J connectivity index is 1.77. The van der Waals surface area contributed by atoms with Crippen molar-refractivity contribution in [1.82, 2.24) is 0 Å². The molecule has 0 aliphatic heterocycles. The van der Waals surface area contributed by atoms with Gasteiger partial charge in [0.25, 0.3) is 0 Å². The Morgan fingerprint density at radius 2 is 1.58 bits per heavy atom. The van der Waals surface area contributed by atoms with E-state index in [0.717, 1.165) is 24.0 Å². The van der Waals surface area contributed by atoms with Crippen LogP contribution in [0.2, 0.25) is 0 Å². The van der Waals surface area contributed by atoms with Gasteiger partial charge in [0.05, 0.1) is 12.7 Å². The topological polar surface area (TPSA) is 119 Å². The van der Waals surface area contributed by atoms with Gasteiger partial charge in [0.1, 0.15) is 18.3 Å². The lowest BCUT2D eigenvalue weighted by molar-refractivity contribution is -0.210. The van der Waals surface area contributed by atoms with E-state index in [2.05, 4.69) is 47.6 Å². The van der Waals surface area contributed by atoms with E-state index in [1.807, 2.05) is 6.08 Å². The Morgan fingerprint density at radius 3 is 2.14 bits per heavy atom. The van der Waals surface area contributed by atoms with Crippen LogP contribution < -0.4 is 0 Å². The van der Waals surface area contributed by atoms with Crippen LogP contribution in [0.4, 0.5) is 0 Å². The zero-order valence-electron chi connectivity index (χ0n) is 27.6. The van der Waals surface area contributed by atoms with E-state index < -0.39 is 53.7 Å². The first kappa shape index (κ1) is 33.7. The van der Waals surface area contributed by atoms with Crippen LogP contribution in [0.15, 0.2) is 23.3 Å². The first-order valence-electron chi connectivity index (χ1n) is 16.3. The molecule has 4 aliphatic rings. The smallest absolute Gasteiger partial charge is 0.303 e. The maximum absolute atomic E-state index is 12.4. The van der Waals surface area contributed by atoms with Gasteiger partial charge in [-0.25, -0.2) is 0 Å². The van der Waals surface area contributed by atoms with Crippen LogP contribution in [-0.2, 0) is 28.6 Å². The second-order valence-corrected chi connectivity index (χ2v) is 14.8. The van der Waals surface area contributed by atoms with Gasteiger partial charge in [-0.1, -0.05) is 53.2 Å². The molecule has 0 saturated heterocycles. The molecule has 8 nitrogen and oxygen atoms in total. The monoisotopic (exact) mass is 602 g/mol. The summed E-state index contributed by atoms with van der Waals surface area (Å²) in [7, 11) is 0. The molecule has 0 unspecified atom stereocenters. The zero-order valence-corrected chi connectivity index (χ0v) is 27.6. The van der Waals surface area contributed by atoms with E-state index in [-0.39, 0.29) is 35.7 Å². The molecule has 0 amide bonds. The average molecular weight is 603 g/mol. The van der Waals surface area contributed by atoms with Crippen LogP contribution in [-0.4, -0.2) is 59.1 Å². The SMILES string of the molecule is CC(=O)O[C@@H]1[C@@H]2[C@@H](OC(C)=O)C=C3[C@H]([C@H](O)C[C@]4(C)[C@@H]([C@H](C)/C=C(\CO)[C@H](C)C(C)C)CC[C@@H]34)[C@@]2(C)CC[C@@H]1OC(C)=O. The summed E-state index contributed by atoms with van der Waals surface area (Å²) in [4.78, 5) is 36.8. The average Bonchev–Trinajstić information content (AvgIpc) is 3.23. The van der Waals surface area contributed by atoms with Gasteiger partial charge in [0.2, 0.25) is 0 Å². The zero-order chi connectivity index (χ0) is 32.0. The molecule has 0 aromatic carbocycles. The molecule has 8 heteroatoms. The van der Waals surface area contributed by atoms with Crippen molar-refractivity contribution in [2.45, 2.75) is 119 Å². The fourth-order valence-corrected chi connectivity index (χ4v) is 9.83. The highest BCUT2D eigenvalue weighted by molar-refractivity contribution is 5.68. The number of esters is 3.